The number of aliphatic hydroxyl groups is 1. The summed E-state index contributed by atoms with van der Waals surface area (Å²) >= 11 is 0. The van der Waals surface area contributed by atoms with Gasteiger partial charge >= 0.3 is 6.18 Å². The summed E-state index contributed by atoms with van der Waals surface area (Å²) < 4.78 is 39.5. The molecule has 3 N–H and O–H groups in total. The van der Waals surface area contributed by atoms with E-state index in [1.807, 2.05) is 0 Å². The smallest absolute Gasteiger partial charge is 0.394 e. The van der Waals surface area contributed by atoms with Crippen LogP contribution < -0.4 is 10.6 Å². The number of benzene rings is 1. The molecule has 3 rings (SSSR count). The van der Waals surface area contributed by atoms with Gasteiger partial charge in [-0.05, 0) is 42.5 Å². The lowest BCUT2D eigenvalue weighted by atomic mass is 9.77. The van der Waals surface area contributed by atoms with Crippen molar-refractivity contribution < 1.29 is 23.1 Å². The van der Waals surface area contributed by atoms with Crippen LogP contribution in [0.25, 0.3) is 0 Å². The van der Waals surface area contributed by atoms with Crippen LogP contribution >= 0.6 is 0 Å². The van der Waals surface area contributed by atoms with Gasteiger partial charge < -0.3 is 15.7 Å². The third kappa shape index (κ3) is 2.59. The predicted octanol–water partition coefficient (Wildman–Crippen LogP) is 1.95. The lowest BCUT2D eigenvalue weighted by molar-refractivity contribution is -0.138. The molecule has 1 aromatic carbocycles. The van der Waals surface area contributed by atoms with Crippen LogP contribution in [-0.4, -0.2) is 23.2 Å². The largest absolute Gasteiger partial charge is 0.416 e. The minimum Gasteiger partial charge on any atom is -0.394 e. The molecule has 1 amide bonds. The second kappa shape index (κ2) is 5.24. The van der Waals surface area contributed by atoms with Gasteiger partial charge in [0.25, 0.3) is 5.91 Å². The highest BCUT2D eigenvalue weighted by Crippen LogP contribution is 2.36. The van der Waals surface area contributed by atoms with E-state index in [1.54, 1.807) is 0 Å². The Labute approximate surface area is 125 Å². The van der Waals surface area contributed by atoms with Gasteiger partial charge in [-0.1, -0.05) is 0 Å². The van der Waals surface area contributed by atoms with Gasteiger partial charge in [0.05, 0.1) is 12.2 Å². The minimum atomic E-state index is -4.49. The lowest BCUT2D eigenvalue weighted by Crippen LogP contribution is -2.53. The number of hydrogen-bond donors (Lipinski definition) is 3. The number of rotatable bonds is 4. The predicted molar refractivity (Wildman–Crippen MR) is 73.1 cm³/mol. The number of alkyl halides is 3. The normalized spacial score (nSPS) is 19.5. The molecular formula is C15H17F3N2O2. The third-order valence-electron chi connectivity index (χ3n) is 4.57. The lowest BCUT2D eigenvalue weighted by Gasteiger charge is -2.41. The zero-order valence-electron chi connectivity index (χ0n) is 11.9. The maximum atomic E-state index is 13.2. The molecule has 1 aliphatic heterocycles. The molecule has 0 unspecified atom stereocenters. The van der Waals surface area contributed by atoms with Crippen molar-refractivity contribution in [2.45, 2.75) is 44.1 Å². The molecule has 0 radical (unpaired) electrons. The molecule has 1 aromatic rings. The van der Waals surface area contributed by atoms with E-state index in [0.717, 1.165) is 25.3 Å². The highest BCUT2D eigenvalue weighted by atomic mass is 19.4. The fraction of sp³-hybridized carbons (Fsp3) is 0.533. The van der Waals surface area contributed by atoms with Gasteiger partial charge in [0.1, 0.15) is 0 Å². The zero-order valence-corrected chi connectivity index (χ0v) is 11.9. The molecule has 0 spiro atoms. The van der Waals surface area contributed by atoms with Crippen LogP contribution in [-0.2, 0) is 19.3 Å². The maximum absolute atomic E-state index is 13.2. The summed E-state index contributed by atoms with van der Waals surface area (Å²) in [6.45, 7) is 0.0754. The van der Waals surface area contributed by atoms with Gasteiger partial charge in [-0.25, -0.2) is 0 Å². The third-order valence-corrected chi connectivity index (χ3v) is 4.57. The van der Waals surface area contributed by atoms with Crippen molar-refractivity contribution in [3.8, 4) is 0 Å². The first-order valence-electron chi connectivity index (χ1n) is 7.22. The van der Waals surface area contributed by atoms with Crippen molar-refractivity contribution in [2.75, 3.05) is 6.61 Å². The Morgan fingerprint density at radius 1 is 1.32 bits per heavy atom. The molecular weight excluding hydrogens is 297 g/mol. The number of carbonyl (C=O) groups excluding carboxylic acids is 1. The second-order valence-corrected chi connectivity index (χ2v) is 6.00. The summed E-state index contributed by atoms with van der Waals surface area (Å²) in [6.07, 6.45) is -1.88. The minimum absolute atomic E-state index is 0.0155. The second-order valence-electron chi connectivity index (χ2n) is 6.00. The number of carbonyl (C=O) groups is 1. The van der Waals surface area contributed by atoms with Crippen LogP contribution in [0.15, 0.2) is 12.1 Å². The van der Waals surface area contributed by atoms with Crippen molar-refractivity contribution in [1.82, 2.24) is 10.6 Å². The first kappa shape index (κ1) is 15.3. The topological polar surface area (TPSA) is 61.4 Å². The van der Waals surface area contributed by atoms with E-state index >= 15 is 0 Å². The number of nitrogens with one attached hydrogen (secondary N) is 2. The van der Waals surface area contributed by atoms with Crippen LogP contribution in [0, 0.1) is 0 Å². The SMILES string of the molecule is O=C1NCc2c1cc(CNC1(CO)CCC1)cc2C(F)(F)F. The molecule has 7 heteroatoms. The van der Waals surface area contributed by atoms with Crippen molar-refractivity contribution in [2.24, 2.45) is 0 Å². The van der Waals surface area contributed by atoms with Gasteiger partial charge in [-0.15, -0.1) is 0 Å². The molecule has 1 heterocycles. The molecule has 0 aromatic heterocycles. The highest BCUT2D eigenvalue weighted by Gasteiger charge is 2.39. The standard InChI is InChI=1S/C15H17F3N2O2/c16-15(17,18)12-5-9(4-10-11(12)7-19-13(10)22)6-20-14(8-21)2-1-3-14/h4-5,20-21H,1-3,6-8H2,(H,19,22). The van der Waals surface area contributed by atoms with Crippen LogP contribution in [0.1, 0.15) is 46.3 Å². The summed E-state index contributed by atoms with van der Waals surface area (Å²) in [4.78, 5) is 11.7. The molecule has 22 heavy (non-hydrogen) atoms. The van der Waals surface area contributed by atoms with Crippen LogP contribution in [0.4, 0.5) is 13.2 Å². The molecule has 1 saturated carbocycles. The van der Waals surface area contributed by atoms with Crippen LogP contribution in [0.5, 0.6) is 0 Å². The Balaban J connectivity index is 1.89. The number of amides is 1. The number of fused-ring (bicyclic) bond motifs is 1. The fourth-order valence-corrected chi connectivity index (χ4v) is 3.03. The van der Waals surface area contributed by atoms with Crippen LogP contribution in [0.2, 0.25) is 0 Å². The highest BCUT2D eigenvalue weighted by molar-refractivity contribution is 5.99. The van der Waals surface area contributed by atoms with E-state index in [0.29, 0.717) is 5.56 Å². The molecule has 2 aliphatic rings. The molecule has 120 valence electrons. The summed E-state index contributed by atoms with van der Waals surface area (Å²) in [6, 6.07) is 2.60. The Hall–Kier alpha value is -1.60. The van der Waals surface area contributed by atoms with E-state index in [4.69, 9.17) is 0 Å². The van der Waals surface area contributed by atoms with Crippen molar-refractivity contribution in [3.05, 3.63) is 34.4 Å². The average Bonchev–Trinajstić information content (AvgIpc) is 2.78. The van der Waals surface area contributed by atoms with Crippen molar-refractivity contribution in [3.63, 3.8) is 0 Å². The van der Waals surface area contributed by atoms with Gasteiger partial charge in [0, 0.05) is 24.2 Å². The summed E-state index contributed by atoms with van der Waals surface area (Å²) in [5.74, 6) is -0.470. The summed E-state index contributed by atoms with van der Waals surface area (Å²) in [5, 5.41) is 15.0. The average molecular weight is 314 g/mol. The summed E-state index contributed by atoms with van der Waals surface area (Å²) in [5.41, 5.74) is -0.630. The summed E-state index contributed by atoms with van der Waals surface area (Å²) in [7, 11) is 0. The Kier molecular flexibility index (Phi) is 3.65. The van der Waals surface area contributed by atoms with E-state index < -0.39 is 17.6 Å². The molecule has 1 fully saturated rings. The van der Waals surface area contributed by atoms with Crippen molar-refractivity contribution in [1.29, 1.82) is 0 Å². The van der Waals surface area contributed by atoms with Crippen molar-refractivity contribution >= 4 is 5.91 Å². The quantitative estimate of drug-likeness (QED) is 0.796. The van der Waals surface area contributed by atoms with Gasteiger partial charge in [-0.2, -0.15) is 13.2 Å². The van der Waals surface area contributed by atoms with E-state index in [9.17, 15) is 23.1 Å². The Morgan fingerprint density at radius 3 is 2.59 bits per heavy atom. The first-order chi connectivity index (χ1) is 10.3. The fourth-order valence-electron chi connectivity index (χ4n) is 3.03. The first-order valence-corrected chi connectivity index (χ1v) is 7.22. The number of hydrogen-bond acceptors (Lipinski definition) is 3. The van der Waals surface area contributed by atoms with Gasteiger partial charge in [0.2, 0.25) is 0 Å². The number of halogens is 3. The maximum Gasteiger partial charge on any atom is 0.416 e. The van der Waals surface area contributed by atoms with E-state index in [2.05, 4.69) is 10.6 Å². The van der Waals surface area contributed by atoms with E-state index in [1.165, 1.54) is 6.07 Å². The van der Waals surface area contributed by atoms with Crippen LogP contribution in [0.3, 0.4) is 0 Å². The molecule has 0 bridgehead atoms. The Bertz CT molecular complexity index is 604. The number of aliphatic hydroxyl groups excluding tert-OH is 1. The molecule has 4 nitrogen and oxygen atoms in total. The Morgan fingerprint density at radius 2 is 2.05 bits per heavy atom. The van der Waals surface area contributed by atoms with Gasteiger partial charge in [0.15, 0.2) is 0 Å². The molecule has 1 aliphatic carbocycles. The van der Waals surface area contributed by atoms with E-state index in [-0.39, 0.29) is 36.4 Å². The zero-order chi connectivity index (χ0) is 16.0. The molecule has 0 atom stereocenters. The monoisotopic (exact) mass is 314 g/mol. The van der Waals surface area contributed by atoms with Gasteiger partial charge in [-0.3, -0.25) is 4.79 Å². The molecule has 0 saturated heterocycles.